The number of hydrogen-bond donors (Lipinski definition) is 0. The molecule has 1 aliphatic heterocycles. The number of fused-ring (bicyclic) bond motifs is 1. The lowest BCUT2D eigenvalue weighted by atomic mass is 10.1. The summed E-state index contributed by atoms with van der Waals surface area (Å²) in [6.07, 6.45) is 2.59. The molecule has 0 saturated heterocycles. The minimum Gasteiger partial charge on any atom is -0.311 e. The minimum absolute atomic E-state index is 0.0607. The van der Waals surface area contributed by atoms with Gasteiger partial charge in [0, 0.05) is 18.8 Å². The summed E-state index contributed by atoms with van der Waals surface area (Å²) in [4.78, 5) is 15.4. The van der Waals surface area contributed by atoms with Crippen molar-refractivity contribution in [3.8, 4) is 11.4 Å². The van der Waals surface area contributed by atoms with Crippen LogP contribution in [-0.4, -0.2) is 32.5 Å². The Balaban J connectivity index is 1.66. The molecule has 0 fully saturated rings. The quantitative estimate of drug-likeness (QED) is 0.387. The van der Waals surface area contributed by atoms with Gasteiger partial charge in [0.05, 0.1) is 10.8 Å². The van der Waals surface area contributed by atoms with Crippen LogP contribution in [0.25, 0.3) is 11.4 Å². The van der Waals surface area contributed by atoms with Gasteiger partial charge in [-0.05, 0) is 36.1 Å². The fraction of sp³-hybridized carbons (Fsp3) is 0.292. The van der Waals surface area contributed by atoms with Crippen molar-refractivity contribution in [2.75, 3.05) is 11.4 Å². The van der Waals surface area contributed by atoms with Crippen LogP contribution in [-0.2, 0) is 17.8 Å². The lowest BCUT2D eigenvalue weighted by Gasteiger charge is -2.26. The van der Waals surface area contributed by atoms with Crippen LogP contribution in [0.4, 0.5) is 10.1 Å². The van der Waals surface area contributed by atoms with E-state index in [1.807, 2.05) is 41.5 Å². The first-order valence-corrected chi connectivity index (χ1v) is 11.2. The maximum Gasteiger partial charge on any atom is 0.240 e. The number of carbonyl (C=O) groups is 1. The Morgan fingerprint density at radius 2 is 1.94 bits per heavy atom. The van der Waals surface area contributed by atoms with Gasteiger partial charge < -0.3 is 4.90 Å². The monoisotopic (exact) mass is 436 g/mol. The molecular formula is C24H25FN4OS. The van der Waals surface area contributed by atoms with Gasteiger partial charge >= 0.3 is 0 Å². The van der Waals surface area contributed by atoms with Crippen LogP contribution < -0.4 is 4.90 Å². The van der Waals surface area contributed by atoms with Crippen LogP contribution in [0.2, 0.25) is 0 Å². The van der Waals surface area contributed by atoms with Gasteiger partial charge in [0.2, 0.25) is 5.91 Å². The largest absolute Gasteiger partial charge is 0.311 e. The van der Waals surface area contributed by atoms with Crippen LogP contribution in [0.15, 0.2) is 66.3 Å². The van der Waals surface area contributed by atoms with Gasteiger partial charge in [-0.2, -0.15) is 0 Å². The number of halogens is 1. The van der Waals surface area contributed by atoms with E-state index < -0.39 is 0 Å². The number of benzene rings is 2. The van der Waals surface area contributed by atoms with Crippen LogP contribution in [0.3, 0.4) is 0 Å². The molecule has 31 heavy (non-hydrogen) atoms. The summed E-state index contributed by atoms with van der Waals surface area (Å²) < 4.78 is 16.2. The number of carbonyl (C=O) groups excluding carboxylic acids is 1. The molecule has 4 rings (SSSR count). The standard InChI is InChI=1S/C24H25FN4OS/c1-4-14-29-22(18-10-6-7-11-19(18)25)26-27-24(29)31-21(16(2)3)23(30)28-15-13-17-9-5-8-12-20(17)28/h4-12,16,21H,1,13-15H2,2-3H3. The zero-order chi connectivity index (χ0) is 22.0. The van der Waals surface area contributed by atoms with Crippen LogP contribution in [0, 0.1) is 11.7 Å². The second-order valence-electron chi connectivity index (χ2n) is 7.84. The number of amides is 1. The average Bonchev–Trinajstić information content (AvgIpc) is 3.36. The minimum atomic E-state index is -0.359. The van der Waals surface area contributed by atoms with E-state index in [0.717, 1.165) is 12.1 Å². The fourth-order valence-electron chi connectivity index (χ4n) is 3.82. The second kappa shape index (κ2) is 9.06. The van der Waals surface area contributed by atoms with Gasteiger partial charge in [0.25, 0.3) is 0 Å². The molecule has 1 amide bonds. The van der Waals surface area contributed by atoms with Gasteiger partial charge in [0.1, 0.15) is 5.82 Å². The van der Waals surface area contributed by atoms with Crippen molar-refractivity contribution >= 4 is 23.4 Å². The van der Waals surface area contributed by atoms with Crippen LogP contribution in [0.5, 0.6) is 0 Å². The summed E-state index contributed by atoms with van der Waals surface area (Å²) in [5.41, 5.74) is 2.56. The van der Waals surface area contributed by atoms with Gasteiger partial charge in [-0.1, -0.05) is 62.0 Å². The third-order valence-corrected chi connectivity index (χ3v) is 6.89. The summed E-state index contributed by atoms with van der Waals surface area (Å²) in [6.45, 7) is 8.98. The molecular weight excluding hydrogens is 411 g/mol. The van der Waals surface area contributed by atoms with Crippen molar-refractivity contribution in [3.05, 3.63) is 72.6 Å². The van der Waals surface area contributed by atoms with Crippen molar-refractivity contribution in [3.63, 3.8) is 0 Å². The van der Waals surface area contributed by atoms with Crippen molar-refractivity contribution in [2.45, 2.75) is 37.2 Å². The molecule has 0 radical (unpaired) electrons. The van der Waals surface area contributed by atoms with Crippen LogP contribution in [0.1, 0.15) is 19.4 Å². The number of aromatic nitrogens is 3. The molecule has 2 heterocycles. The van der Waals surface area contributed by atoms with Gasteiger partial charge in [0.15, 0.2) is 11.0 Å². The number of anilines is 1. The third kappa shape index (κ3) is 4.14. The van der Waals surface area contributed by atoms with E-state index in [2.05, 4.69) is 22.8 Å². The van der Waals surface area contributed by atoms with Crippen molar-refractivity contribution in [2.24, 2.45) is 5.92 Å². The first kappa shape index (κ1) is 21.3. The highest BCUT2D eigenvalue weighted by Crippen LogP contribution is 2.35. The molecule has 5 nitrogen and oxygen atoms in total. The fourth-order valence-corrected chi connectivity index (χ4v) is 4.92. The molecule has 0 bridgehead atoms. The molecule has 1 unspecified atom stereocenters. The normalized spacial score (nSPS) is 14.0. The molecule has 1 aliphatic rings. The Morgan fingerprint density at radius 1 is 1.19 bits per heavy atom. The van der Waals surface area contributed by atoms with E-state index in [0.29, 0.717) is 29.6 Å². The molecule has 3 aromatic rings. The highest BCUT2D eigenvalue weighted by molar-refractivity contribution is 8.00. The summed E-state index contributed by atoms with van der Waals surface area (Å²) >= 11 is 1.38. The van der Waals surface area contributed by atoms with E-state index in [-0.39, 0.29) is 22.9 Å². The van der Waals surface area contributed by atoms with Crippen molar-refractivity contribution in [1.29, 1.82) is 0 Å². The molecule has 0 aliphatic carbocycles. The molecule has 1 aromatic heterocycles. The smallest absolute Gasteiger partial charge is 0.240 e. The zero-order valence-electron chi connectivity index (χ0n) is 17.7. The van der Waals surface area contributed by atoms with Crippen LogP contribution >= 0.6 is 11.8 Å². The number of allylic oxidation sites excluding steroid dienone is 1. The summed E-state index contributed by atoms with van der Waals surface area (Å²) in [7, 11) is 0. The highest BCUT2D eigenvalue weighted by Gasteiger charge is 2.34. The lowest BCUT2D eigenvalue weighted by molar-refractivity contribution is -0.118. The van der Waals surface area contributed by atoms with E-state index in [9.17, 15) is 9.18 Å². The highest BCUT2D eigenvalue weighted by atomic mass is 32.2. The van der Waals surface area contributed by atoms with E-state index in [1.165, 1.54) is 23.4 Å². The molecule has 0 saturated carbocycles. The SMILES string of the molecule is C=CCn1c(SC(C(=O)N2CCc3ccccc32)C(C)C)nnc1-c1ccccc1F. The number of rotatable bonds is 7. The van der Waals surface area contributed by atoms with Gasteiger partial charge in [-0.3, -0.25) is 9.36 Å². The van der Waals surface area contributed by atoms with E-state index in [1.54, 1.807) is 24.3 Å². The molecule has 0 spiro atoms. The molecule has 0 N–H and O–H groups in total. The van der Waals surface area contributed by atoms with Crippen molar-refractivity contribution in [1.82, 2.24) is 14.8 Å². The number of hydrogen-bond acceptors (Lipinski definition) is 4. The summed E-state index contributed by atoms with van der Waals surface area (Å²) in [6, 6.07) is 14.5. The second-order valence-corrected chi connectivity index (χ2v) is 8.95. The van der Waals surface area contributed by atoms with E-state index >= 15 is 0 Å². The Hall–Kier alpha value is -2.93. The average molecular weight is 437 g/mol. The predicted octanol–water partition coefficient (Wildman–Crippen LogP) is 4.98. The molecule has 2 aromatic carbocycles. The van der Waals surface area contributed by atoms with Gasteiger partial charge in [-0.15, -0.1) is 16.8 Å². The van der Waals surface area contributed by atoms with Crippen molar-refractivity contribution < 1.29 is 9.18 Å². The Labute approximate surface area is 186 Å². The molecule has 160 valence electrons. The lowest BCUT2D eigenvalue weighted by Crippen LogP contribution is -2.39. The molecule has 7 heteroatoms. The maximum absolute atomic E-state index is 14.4. The Kier molecular flexibility index (Phi) is 6.23. The summed E-state index contributed by atoms with van der Waals surface area (Å²) in [5, 5.41) is 8.81. The first-order valence-electron chi connectivity index (χ1n) is 10.4. The Bertz CT molecular complexity index is 1110. The van der Waals surface area contributed by atoms with E-state index in [4.69, 9.17) is 0 Å². The predicted molar refractivity (Wildman–Crippen MR) is 123 cm³/mol. The van der Waals surface area contributed by atoms with Gasteiger partial charge in [-0.25, -0.2) is 4.39 Å². The number of thioether (sulfide) groups is 1. The Morgan fingerprint density at radius 3 is 2.68 bits per heavy atom. The number of nitrogens with zero attached hydrogens (tertiary/aromatic N) is 4. The maximum atomic E-state index is 14.4. The molecule has 1 atom stereocenters. The zero-order valence-corrected chi connectivity index (χ0v) is 18.5. The number of para-hydroxylation sites is 1. The third-order valence-electron chi connectivity index (χ3n) is 5.38. The topological polar surface area (TPSA) is 51.0 Å². The first-order chi connectivity index (χ1) is 15.0. The summed E-state index contributed by atoms with van der Waals surface area (Å²) in [5.74, 6) is 0.213.